The van der Waals surface area contributed by atoms with Gasteiger partial charge in [0.15, 0.2) is 10.3 Å². The van der Waals surface area contributed by atoms with E-state index in [9.17, 15) is 4.79 Å². The quantitative estimate of drug-likeness (QED) is 0.271. The highest BCUT2D eigenvalue weighted by Crippen LogP contribution is 2.29. The monoisotopic (exact) mass is 463 g/mol. The van der Waals surface area contributed by atoms with Gasteiger partial charge in [0.1, 0.15) is 11.1 Å². The van der Waals surface area contributed by atoms with Gasteiger partial charge in [-0.2, -0.15) is 0 Å². The van der Waals surface area contributed by atoms with Crippen molar-refractivity contribution in [2.45, 2.75) is 49.0 Å². The van der Waals surface area contributed by atoms with Gasteiger partial charge in [0.05, 0.1) is 12.4 Å². The molecule has 0 saturated heterocycles. The van der Waals surface area contributed by atoms with Crippen molar-refractivity contribution in [3.63, 3.8) is 0 Å². The minimum Gasteiger partial charge on any atom is -0.465 e. The summed E-state index contributed by atoms with van der Waals surface area (Å²) >= 11 is 8.85. The van der Waals surface area contributed by atoms with Crippen LogP contribution in [-0.4, -0.2) is 42.6 Å². The van der Waals surface area contributed by atoms with Crippen molar-refractivity contribution in [1.82, 2.24) is 24.7 Å². The fraction of sp³-hybridized carbons (Fsp3) is 0.350. The molecular weight excluding hydrogens is 442 g/mol. The maximum Gasteiger partial charge on any atom is 0.319 e. The summed E-state index contributed by atoms with van der Waals surface area (Å²) in [5.41, 5.74) is 2.70. The Hall–Kier alpha value is -2.10. The molecule has 0 bridgehead atoms. The fourth-order valence-electron chi connectivity index (χ4n) is 2.67. The zero-order chi connectivity index (χ0) is 21.7. The molecule has 0 aliphatic carbocycles. The third-order valence-electron chi connectivity index (χ3n) is 3.98. The van der Waals surface area contributed by atoms with Crippen molar-refractivity contribution in [3.05, 3.63) is 52.6 Å². The van der Waals surface area contributed by atoms with Crippen LogP contribution in [0.2, 0.25) is 5.02 Å². The average molecular weight is 464 g/mol. The molecule has 10 heteroatoms. The van der Waals surface area contributed by atoms with Gasteiger partial charge in [-0.3, -0.25) is 9.36 Å². The number of carbonyl (C=O) groups excluding carboxylic acids is 1. The molecule has 3 rings (SSSR count). The number of ether oxygens (including phenoxy) is 1. The maximum absolute atomic E-state index is 12.1. The second-order valence-electron chi connectivity index (χ2n) is 6.44. The van der Waals surface area contributed by atoms with Gasteiger partial charge in [-0.15, -0.1) is 10.2 Å². The van der Waals surface area contributed by atoms with E-state index in [0.717, 1.165) is 22.9 Å². The summed E-state index contributed by atoms with van der Waals surface area (Å²) < 4.78 is 7.04. The molecule has 2 heterocycles. The van der Waals surface area contributed by atoms with Crippen molar-refractivity contribution < 1.29 is 9.53 Å². The highest BCUT2D eigenvalue weighted by atomic mass is 35.5. The van der Waals surface area contributed by atoms with Crippen LogP contribution in [0.15, 0.2) is 40.6 Å². The number of esters is 1. The Morgan fingerprint density at radius 2 is 1.83 bits per heavy atom. The van der Waals surface area contributed by atoms with E-state index in [0.29, 0.717) is 27.7 Å². The van der Waals surface area contributed by atoms with Crippen molar-refractivity contribution in [2.24, 2.45) is 0 Å². The Labute approximate surface area is 189 Å². The van der Waals surface area contributed by atoms with Crippen LogP contribution in [0.25, 0.3) is 5.69 Å². The number of thioether (sulfide) groups is 2. The average Bonchev–Trinajstić information content (AvgIpc) is 3.09. The molecule has 3 aromatic rings. The molecule has 0 unspecified atom stereocenters. The first kappa shape index (κ1) is 22.6. The Bertz CT molecular complexity index is 1010. The zero-order valence-corrected chi connectivity index (χ0v) is 19.5. The molecule has 0 spiro atoms. The summed E-state index contributed by atoms with van der Waals surface area (Å²) in [6, 6.07) is 9.35. The van der Waals surface area contributed by atoms with E-state index in [1.165, 1.54) is 23.5 Å². The van der Waals surface area contributed by atoms with Gasteiger partial charge in [-0.25, -0.2) is 9.97 Å². The van der Waals surface area contributed by atoms with Gasteiger partial charge in [0.2, 0.25) is 0 Å². The van der Waals surface area contributed by atoms with Crippen LogP contribution in [0, 0.1) is 13.8 Å². The third-order valence-corrected chi connectivity index (χ3v) is 6.09. The Morgan fingerprint density at radius 3 is 2.47 bits per heavy atom. The van der Waals surface area contributed by atoms with Crippen molar-refractivity contribution in [3.8, 4) is 5.69 Å². The lowest BCUT2D eigenvalue weighted by Gasteiger charge is -2.13. The molecule has 2 aromatic heterocycles. The number of rotatable bonds is 8. The van der Waals surface area contributed by atoms with Crippen LogP contribution >= 0.6 is 35.1 Å². The van der Waals surface area contributed by atoms with Crippen LogP contribution in [0.5, 0.6) is 0 Å². The van der Waals surface area contributed by atoms with Gasteiger partial charge in [-0.1, -0.05) is 35.1 Å². The van der Waals surface area contributed by atoms with Crippen LogP contribution in [0.3, 0.4) is 0 Å². The first-order chi connectivity index (χ1) is 14.4. The van der Waals surface area contributed by atoms with E-state index in [2.05, 4.69) is 20.2 Å². The topological polar surface area (TPSA) is 82.8 Å². The molecule has 0 fully saturated rings. The number of hydrogen-bond acceptors (Lipinski definition) is 8. The summed E-state index contributed by atoms with van der Waals surface area (Å²) in [5.74, 6) is 0.962. The summed E-state index contributed by atoms with van der Waals surface area (Å²) in [5, 5.41) is 10.2. The molecule has 7 nitrogen and oxygen atoms in total. The molecule has 0 amide bonds. The minimum absolute atomic E-state index is 0.285. The molecular formula is C20H22ClN5O2S2. The van der Waals surface area contributed by atoms with E-state index < -0.39 is 5.25 Å². The lowest BCUT2D eigenvalue weighted by molar-refractivity contribution is -0.142. The normalized spacial score (nSPS) is 12.0. The molecule has 0 saturated carbocycles. The summed E-state index contributed by atoms with van der Waals surface area (Å²) in [7, 11) is 0. The van der Waals surface area contributed by atoms with Gasteiger partial charge in [-0.05, 0) is 58.0 Å². The van der Waals surface area contributed by atoms with Gasteiger partial charge in [0, 0.05) is 22.1 Å². The highest BCUT2D eigenvalue weighted by molar-refractivity contribution is 8.00. The second-order valence-corrected chi connectivity index (χ2v) is 9.13. The largest absolute Gasteiger partial charge is 0.465 e. The molecule has 30 heavy (non-hydrogen) atoms. The standard InChI is InChI=1S/C20H22ClN5O2S2/c1-5-28-18(27)14(4)30-20-25-24-17(26(20)16-8-6-15(21)7-9-16)11-29-19-22-12(2)10-13(3)23-19/h6-10,14H,5,11H2,1-4H3/t14-/m1/s1. The number of aromatic nitrogens is 5. The lowest BCUT2D eigenvalue weighted by atomic mass is 10.3. The number of hydrogen-bond donors (Lipinski definition) is 0. The molecule has 1 aromatic carbocycles. The van der Waals surface area contributed by atoms with E-state index in [-0.39, 0.29) is 5.97 Å². The lowest BCUT2D eigenvalue weighted by Crippen LogP contribution is -2.17. The van der Waals surface area contributed by atoms with E-state index in [4.69, 9.17) is 16.3 Å². The van der Waals surface area contributed by atoms with Crippen LogP contribution in [0.4, 0.5) is 0 Å². The van der Waals surface area contributed by atoms with Crippen molar-refractivity contribution in [1.29, 1.82) is 0 Å². The molecule has 0 aliphatic heterocycles. The third kappa shape index (κ3) is 5.74. The van der Waals surface area contributed by atoms with E-state index in [1.807, 2.05) is 48.7 Å². The molecule has 1 atom stereocenters. The Morgan fingerprint density at radius 1 is 1.17 bits per heavy atom. The van der Waals surface area contributed by atoms with E-state index in [1.54, 1.807) is 13.8 Å². The zero-order valence-electron chi connectivity index (χ0n) is 17.1. The van der Waals surface area contributed by atoms with Crippen LogP contribution in [-0.2, 0) is 15.3 Å². The Balaban J connectivity index is 1.89. The molecule has 0 aliphatic rings. The Kier molecular flexibility index (Phi) is 7.74. The maximum atomic E-state index is 12.1. The predicted molar refractivity (Wildman–Crippen MR) is 119 cm³/mol. The molecule has 158 valence electrons. The smallest absolute Gasteiger partial charge is 0.319 e. The van der Waals surface area contributed by atoms with Crippen LogP contribution in [0.1, 0.15) is 31.1 Å². The minimum atomic E-state index is -0.413. The fourth-order valence-corrected chi connectivity index (χ4v) is 4.55. The predicted octanol–water partition coefficient (Wildman–Crippen LogP) is 4.66. The first-order valence-corrected chi connectivity index (χ1v) is 11.6. The van der Waals surface area contributed by atoms with Gasteiger partial charge >= 0.3 is 5.97 Å². The number of aryl methyl sites for hydroxylation is 2. The van der Waals surface area contributed by atoms with Crippen molar-refractivity contribution >= 4 is 41.1 Å². The summed E-state index contributed by atoms with van der Waals surface area (Å²) in [4.78, 5) is 21.0. The second kappa shape index (κ2) is 10.3. The number of nitrogens with zero attached hydrogens (tertiary/aromatic N) is 5. The summed E-state index contributed by atoms with van der Waals surface area (Å²) in [6.45, 7) is 7.81. The molecule has 0 N–H and O–H groups in total. The number of carbonyl (C=O) groups is 1. The number of halogens is 1. The summed E-state index contributed by atoms with van der Waals surface area (Å²) in [6.07, 6.45) is 0. The van der Waals surface area contributed by atoms with Crippen molar-refractivity contribution in [2.75, 3.05) is 6.61 Å². The highest BCUT2D eigenvalue weighted by Gasteiger charge is 2.22. The SMILES string of the molecule is CCOC(=O)[C@@H](C)Sc1nnc(CSc2nc(C)cc(C)n2)n1-c1ccc(Cl)cc1. The van der Waals surface area contributed by atoms with E-state index >= 15 is 0 Å². The first-order valence-electron chi connectivity index (χ1n) is 9.36. The van der Waals surface area contributed by atoms with Gasteiger partial charge < -0.3 is 4.74 Å². The van der Waals surface area contributed by atoms with Crippen LogP contribution < -0.4 is 0 Å². The molecule has 0 radical (unpaired) electrons. The van der Waals surface area contributed by atoms with Gasteiger partial charge in [0.25, 0.3) is 0 Å². The number of benzene rings is 1.